The molecule has 0 spiro atoms. The first kappa shape index (κ1) is 15.5. The maximum Gasteiger partial charge on any atom is 0.173 e. The van der Waals surface area contributed by atoms with Crippen LogP contribution in [0.4, 0.5) is 0 Å². The molecule has 0 aromatic carbocycles. The average Bonchev–Trinajstić information content (AvgIpc) is 2.82. The molecule has 104 valence electrons. The average molecular weight is 260 g/mol. The fourth-order valence-corrected chi connectivity index (χ4v) is 2.36. The number of likely N-dealkylation sites (tertiary alicyclic amines) is 1. The molecule has 3 heteroatoms. The predicted molar refractivity (Wildman–Crippen MR) is 77.3 cm³/mol. The minimum Gasteiger partial charge on any atom is -0.378 e. The van der Waals surface area contributed by atoms with E-state index in [1.807, 2.05) is 19.2 Å². The summed E-state index contributed by atoms with van der Waals surface area (Å²) in [4.78, 5) is 14.2. The topological polar surface area (TPSA) is 44.1 Å². The first-order valence-corrected chi connectivity index (χ1v) is 7.17. The molecule has 1 saturated heterocycles. The van der Waals surface area contributed by atoms with E-state index in [0.717, 1.165) is 32.2 Å². The predicted octanol–water partition coefficient (Wildman–Crippen LogP) is 3.44. The van der Waals surface area contributed by atoms with Gasteiger partial charge in [-0.1, -0.05) is 26.7 Å². The summed E-state index contributed by atoms with van der Waals surface area (Å²) in [6, 6.07) is 2.04. The van der Waals surface area contributed by atoms with Crippen molar-refractivity contribution in [2.75, 3.05) is 13.6 Å². The summed E-state index contributed by atoms with van der Waals surface area (Å²) in [6.07, 6.45) is 8.28. The van der Waals surface area contributed by atoms with Crippen LogP contribution in [-0.2, 0) is 4.79 Å². The Morgan fingerprint density at radius 1 is 1.47 bits per heavy atom. The number of carbonyl (C=O) groups excluding carboxylic acids is 1. The van der Waals surface area contributed by atoms with Gasteiger partial charge in [0.05, 0.1) is 5.57 Å². The standard InChI is InChI=1S/C16H24N2O/c1-4-13(5-2)11-16(19)14(12-17)8-9-15-7-6-10-18(15)3/h8-9,13H,4-7,10-11H2,1-3H3/b14-8+,15-9-. The van der Waals surface area contributed by atoms with Crippen LogP contribution in [0.1, 0.15) is 46.0 Å². The second kappa shape index (κ2) is 7.78. The lowest BCUT2D eigenvalue weighted by atomic mass is 9.94. The van der Waals surface area contributed by atoms with Crippen molar-refractivity contribution in [1.82, 2.24) is 4.90 Å². The maximum atomic E-state index is 12.1. The Kier molecular flexibility index (Phi) is 6.35. The smallest absolute Gasteiger partial charge is 0.173 e. The number of nitriles is 1. The molecular formula is C16H24N2O. The third-order valence-corrected chi connectivity index (χ3v) is 3.91. The molecule has 0 amide bonds. The minimum atomic E-state index is -0.0197. The molecule has 0 unspecified atom stereocenters. The van der Waals surface area contributed by atoms with Gasteiger partial charge in [0.25, 0.3) is 0 Å². The number of hydrogen-bond acceptors (Lipinski definition) is 3. The van der Waals surface area contributed by atoms with Crippen LogP contribution in [-0.4, -0.2) is 24.3 Å². The molecule has 0 radical (unpaired) electrons. The third kappa shape index (κ3) is 4.55. The first-order chi connectivity index (χ1) is 9.12. The molecule has 1 aliphatic heterocycles. The molecule has 0 aromatic rings. The Morgan fingerprint density at radius 3 is 2.63 bits per heavy atom. The SMILES string of the molecule is CCC(CC)CC(=O)/C(C#N)=C/C=C1/CCCN1C. The van der Waals surface area contributed by atoms with Gasteiger partial charge >= 0.3 is 0 Å². The van der Waals surface area contributed by atoms with Crippen molar-refractivity contribution >= 4 is 5.78 Å². The zero-order chi connectivity index (χ0) is 14.3. The summed E-state index contributed by atoms with van der Waals surface area (Å²) >= 11 is 0. The highest BCUT2D eigenvalue weighted by Gasteiger charge is 2.15. The number of carbonyl (C=O) groups is 1. The van der Waals surface area contributed by atoms with Crippen molar-refractivity contribution in [2.45, 2.75) is 46.0 Å². The Morgan fingerprint density at radius 2 is 2.16 bits per heavy atom. The van der Waals surface area contributed by atoms with Gasteiger partial charge in [0, 0.05) is 25.7 Å². The second-order valence-electron chi connectivity index (χ2n) is 5.19. The maximum absolute atomic E-state index is 12.1. The van der Waals surface area contributed by atoms with Gasteiger partial charge < -0.3 is 4.90 Å². The molecule has 0 bridgehead atoms. The van der Waals surface area contributed by atoms with Crippen molar-refractivity contribution in [1.29, 1.82) is 5.26 Å². The number of hydrogen-bond donors (Lipinski definition) is 0. The number of Topliss-reactive ketones (excluding diaryl/α,β-unsaturated/α-hetero) is 1. The zero-order valence-corrected chi connectivity index (χ0v) is 12.3. The summed E-state index contributed by atoms with van der Waals surface area (Å²) in [5.74, 6) is 0.375. The van der Waals surface area contributed by atoms with E-state index in [0.29, 0.717) is 17.9 Å². The molecule has 0 aliphatic carbocycles. The van der Waals surface area contributed by atoms with Crippen molar-refractivity contribution in [3.63, 3.8) is 0 Å². The van der Waals surface area contributed by atoms with Gasteiger partial charge in [0.15, 0.2) is 5.78 Å². The van der Waals surface area contributed by atoms with Crippen molar-refractivity contribution in [2.24, 2.45) is 5.92 Å². The van der Waals surface area contributed by atoms with E-state index >= 15 is 0 Å². The van der Waals surface area contributed by atoms with E-state index in [1.54, 1.807) is 6.08 Å². The minimum absolute atomic E-state index is 0.0197. The summed E-state index contributed by atoms with van der Waals surface area (Å²) in [5.41, 5.74) is 1.50. The van der Waals surface area contributed by atoms with E-state index in [1.165, 1.54) is 5.70 Å². The van der Waals surface area contributed by atoms with Gasteiger partial charge in [0.1, 0.15) is 6.07 Å². The summed E-state index contributed by atoms with van der Waals surface area (Å²) < 4.78 is 0. The largest absolute Gasteiger partial charge is 0.378 e. The first-order valence-electron chi connectivity index (χ1n) is 7.17. The van der Waals surface area contributed by atoms with Gasteiger partial charge in [-0.3, -0.25) is 4.79 Å². The summed E-state index contributed by atoms with van der Waals surface area (Å²) in [7, 11) is 2.05. The number of ketones is 1. The Labute approximate surface area is 116 Å². The van der Waals surface area contributed by atoms with Gasteiger partial charge in [-0.05, 0) is 30.9 Å². The van der Waals surface area contributed by atoms with E-state index in [2.05, 4.69) is 18.7 Å². The Bertz CT molecular complexity index is 411. The quantitative estimate of drug-likeness (QED) is 0.543. The van der Waals surface area contributed by atoms with Crippen LogP contribution in [0.25, 0.3) is 0 Å². The molecule has 1 rings (SSSR count). The molecule has 3 nitrogen and oxygen atoms in total. The third-order valence-electron chi connectivity index (χ3n) is 3.91. The molecule has 1 fully saturated rings. The normalized spacial score (nSPS) is 18.2. The molecule has 1 aliphatic rings. The lowest BCUT2D eigenvalue weighted by Gasteiger charge is -2.12. The fraction of sp³-hybridized carbons (Fsp3) is 0.625. The molecule has 0 saturated carbocycles. The van der Waals surface area contributed by atoms with Crippen LogP contribution < -0.4 is 0 Å². The van der Waals surface area contributed by atoms with Crippen LogP contribution in [0.15, 0.2) is 23.4 Å². The van der Waals surface area contributed by atoms with Gasteiger partial charge in [-0.2, -0.15) is 5.26 Å². The van der Waals surface area contributed by atoms with Gasteiger partial charge in [-0.25, -0.2) is 0 Å². The zero-order valence-electron chi connectivity index (χ0n) is 12.3. The number of allylic oxidation sites excluding steroid dienone is 4. The van der Waals surface area contributed by atoms with Crippen LogP contribution in [0.3, 0.4) is 0 Å². The molecule has 0 aromatic heterocycles. The number of rotatable bonds is 6. The van der Waals surface area contributed by atoms with E-state index < -0.39 is 0 Å². The molecule has 19 heavy (non-hydrogen) atoms. The fourth-order valence-electron chi connectivity index (χ4n) is 2.36. The van der Waals surface area contributed by atoms with Crippen molar-refractivity contribution < 1.29 is 4.79 Å². The Hall–Kier alpha value is -1.56. The number of nitrogens with zero attached hydrogens (tertiary/aromatic N) is 2. The lowest BCUT2D eigenvalue weighted by molar-refractivity contribution is -0.116. The van der Waals surface area contributed by atoms with E-state index in [9.17, 15) is 4.79 Å². The molecule has 0 N–H and O–H groups in total. The molecule has 0 atom stereocenters. The highest BCUT2D eigenvalue weighted by Crippen LogP contribution is 2.19. The van der Waals surface area contributed by atoms with Crippen LogP contribution >= 0.6 is 0 Å². The van der Waals surface area contributed by atoms with Crippen LogP contribution in [0.5, 0.6) is 0 Å². The van der Waals surface area contributed by atoms with Gasteiger partial charge in [-0.15, -0.1) is 0 Å². The van der Waals surface area contributed by atoms with Crippen molar-refractivity contribution in [3.8, 4) is 6.07 Å². The van der Waals surface area contributed by atoms with Crippen LogP contribution in [0, 0.1) is 17.2 Å². The van der Waals surface area contributed by atoms with Crippen molar-refractivity contribution in [3.05, 3.63) is 23.4 Å². The summed E-state index contributed by atoms with van der Waals surface area (Å²) in [5, 5.41) is 9.11. The Balaban J connectivity index is 2.72. The summed E-state index contributed by atoms with van der Waals surface area (Å²) in [6.45, 7) is 5.24. The molecular weight excluding hydrogens is 236 g/mol. The van der Waals surface area contributed by atoms with E-state index in [4.69, 9.17) is 5.26 Å². The second-order valence-corrected chi connectivity index (χ2v) is 5.19. The molecule has 1 heterocycles. The highest BCUT2D eigenvalue weighted by atomic mass is 16.1. The lowest BCUT2D eigenvalue weighted by Crippen LogP contribution is -2.10. The van der Waals surface area contributed by atoms with Gasteiger partial charge in [0.2, 0.25) is 0 Å². The monoisotopic (exact) mass is 260 g/mol. The van der Waals surface area contributed by atoms with Crippen LogP contribution in [0.2, 0.25) is 0 Å². The highest BCUT2D eigenvalue weighted by molar-refractivity contribution is 5.99. The van der Waals surface area contributed by atoms with E-state index in [-0.39, 0.29) is 5.78 Å².